The highest BCUT2D eigenvalue weighted by molar-refractivity contribution is 7.90. The van der Waals surface area contributed by atoms with Gasteiger partial charge in [0.25, 0.3) is 20.0 Å². The second-order valence-corrected chi connectivity index (χ2v) is 9.46. The van der Waals surface area contributed by atoms with Gasteiger partial charge in [0, 0.05) is 0 Å². The number of nitrogens with zero attached hydrogens (tertiary/aromatic N) is 2. The van der Waals surface area contributed by atoms with Gasteiger partial charge in [0.15, 0.2) is 0 Å². The number of rotatable bonds is 6. The smallest absolute Gasteiger partial charge is 0.199 e. The monoisotopic (exact) mass is 414 g/mol. The van der Waals surface area contributed by atoms with Crippen molar-refractivity contribution in [2.75, 3.05) is 0 Å². The van der Waals surface area contributed by atoms with Gasteiger partial charge in [-0.05, 0) is 50.2 Å². The summed E-state index contributed by atoms with van der Waals surface area (Å²) in [7, 11) is -8.02. The van der Waals surface area contributed by atoms with E-state index in [0.29, 0.717) is 0 Å². The molecule has 0 aliphatic rings. The predicted octanol–water partition coefficient (Wildman–Crippen LogP) is 3.55. The second kappa shape index (κ2) is 7.65. The molecule has 6 nitrogen and oxygen atoms in total. The van der Waals surface area contributed by atoms with Crippen LogP contribution in [-0.4, -0.2) is 16.8 Å². The molecule has 0 bridgehead atoms. The molecule has 2 radical (unpaired) electrons. The Morgan fingerprint density at radius 1 is 0.536 bits per heavy atom. The molecule has 0 aliphatic carbocycles. The van der Waals surface area contributed by atoms with Gasteiger partial charge in [-0.1, -0.05) is 47.5 Å². The van der Waals surface area contributed by atoms with E-state index in [2.05, 4.69) is 9.44 Å². The Labute approximate surface area is 165 Å². The Morgan fingerprint density at radius 2 is 0.857 bits per heavy atom. The van der Waals surface area contributed by atoms with Gasteiger partial charge in [0.2, 0.25) is 0 Å². The zero-order chi connectivity index (χ0) is 20.4. The summed E-state index contributed by atoms with van der Waals surface area (Å²) < 4.78 is 57.9. The first-order valence-electron chi connectivity index (χ1n) is 8.36. The lowest BCUT2D eigenvalue weighted by Crippen LogP contribution is -2.16. The standard InChI is InChI=1S/C20H18N2O4S2/c1-15-7-11-17(12-8-15)27(23,24)21-19-5-3-4-6-20(19)22-28(25,26)18-13-9-16(2)10-14-18/h3-14H,1-2H3. The van der Waals surface area contributed by atoms with Crippen LogP contribution in [0.1, 0.15) is 11.1 Å². The fourth-order valence-electron chi connectivity index (χ4n) is 2.40. The average Bonchev–Trinajstić information content (AvgIpc) is 2.64. The Morgan fingerprint density at radius 3 is 1.18 bits per heavy atom. The molecule has 0 amide bonds. The van der Waals surface area contributed by atoms with Gasteiger partial charge in [-0.25, -0.2) is 0 Å². The van der Waals surface area contributed by atoms with Crippen LogP contribution in [-0.2, 0) is 20.0 Å². The van der Waals surface area contributed by atoms with Crippen molar-refractivity contribution in [3.63, 3.8) is 0 Å². The van der Waals surface area contributed by atoms with Crippen molar-refractivity contribution in [1.29, 1.82) is 0 Å². The third-order valence-corrected chi connectivity index (χ3v) is 6.57. The van der Waals surface area contributed by atoms with E-state index in [0.717, 1.165) is 11.1 Å². The summed E-state index contributed by atoms with van der Waals surface area (Å²) in [5, 5.41) is 0. The molecule has 0 spiro atoms. The van der Waals surface area contributed by atoms with E-state index in [1.54, 1.807) is 36.4 Å². The van der Waals surface area contributed by atoms with Crippen molar-refractivity contribution >= 4 is 31.4 Å². The zero-order valence-corrected chi connectivity index (χ0v) is 16.9. The van der Waals surface area contributed by atoms with Crippen molar-refractivity contribution in [2.24, 2.45) is 0 Å². The lowest BCUT2D eigenvalue weighted by Gasteiger charge is -2.11. The van der Waals surface area contributed by atoms with E-state index in [1.807, 2.05) is 13.8 Å². The number of benzene rings is 3. The summed E-state index contributed by atoms with van der Waals surface area (Å²) in [6.45, 7) is 3.69. The normalized spacial score (nSPS) is 11.8. The molecule has 0 aromatic heterocycles. The Bertz CT molecular complexity index is 1090. The molecule has 0 N–H and O–H groups in total. The van der Waals surface area contributed by atoms with Crippen LogP contribution in [0.25, 0.3) is 0 Å². The van der Waals surface area contributed by atoms with Crippen LogP contribution < -0.4 is 9.44 Å². The summed E-state index contributed by atoms with van der Waals surface area (Å²) in [5.74, 6) is 0. The maximum atomic E-state index is 12.6. The van der Waals surface area contributed by atoms with E-state index in [-0.39, 0.29) is 21.2 Å². The Balaban J connectivity index is 1.91. The molecule has 0 saturated carbocycles. The minimum Gasteiger partial charge on any atom is -0.199 e. The molecule has 28 heavy (non-hydrogen) atoms. The van der Waals surface area contributed by atoms with Crippen LogP contribution in [0, 0.1) is 13.8 Å². The van der Waals surface area contributed by atoms with E-state index in [9.17, 15) is 16.8 Å². The molecule has 3 aromatic carbocycles. The molecule has 0 aliphatic heterocycles. The number of aryl methyl sites for hydroxylation is 2. The molecule has 3 aromatic rings. The molecule has 0 unspecified atom stereocenters. The van der Waals surface area contributed by atoms with E-state index < -0.39 is 20.0 Å². The second-order valence-electron chi connectivity index (χ2n) is 6.25. The van der Waals surface area contributed by atoms with Gasteiger partial charge in [0.1, 0.15) is 11.4 Å². The summed E-state index contributed by atoms with van der Waals surface area (Å²) in [5.41, 5.74) is 1.75. The highest BCUT2D eigenvalue weighted by Crippen LogP contribution is 2.27. The quantitative estimate of drug-likeness (QED) is 0.616. The molecule has 8 heteroatoms. The number of hydrogen-bond donors (Lipinski definition) is 0. The number of sulfonamides is 2. The molecule has 0 saturated heterocycles. The maximum Gasteiger partial charge on any atom is 0.282 e. The first-order chi connectivity index (χ1) is 13.2. The zero-order valence-electron chi connectivity index (χ0n) is 15.3. The topological polar surface area (TPSA) is 96.5 Å². The van der Waals surface area contributed by atoms with Crippen LogP contribution in [0.5, 0.6) is 0 Å². The van der Waals surface area contributed by atoms with Crippen molar-refractivity contribution in [2.45, 2.75) is 23.6 Å². The Kier molecular flexibility index (Phi) is 5.44. The third-order valence-electron chi connectivity index (χ3n) is 3.96. The maximum absolute atomic E-state index is 12.6. The van der Waals surface area contributed by atoms with Gasteiger partial charge >= 0.3 is 0 Å². The molecular weight excluding hydrogens is 396 g/mol. The van der Waals surface area contributed by atoms with Crippen LogP contribution in [0.15, 0.2) is 82.6 Å². The van der Waals surface area contributed by atoms with Gasteiger partial charge < -0.3 is 0 Å². The molecule has 144 valence electrons. The van der Waals surface area contributed by atoms with Gasteiger partial charge in [0.05, 0.1) is 9.79 Å². The van der Waals surface area contributed by atoms with Crippen molar-refractivity contribution < 1.29 is 16.8 Å². The molecular formula is C20H18N2O4S2. The molecule has 0 heterocycles. The summed E-state index contributed by atoms with van der Waals surface area (Å²) in [4.78, 5) is 0.0450. The fraction of sp³-hybridized carbons (Fsp3) is 0.100. The fourth-order valence-corrected chi connectivity index (χ4v) is 4.40. The van der Waals surface area contributed by atoms with Gasteiger partial charge in [-0.3, -0.25) is 0 Å². The first-order valence-corrected chi connectivity index (χ1v) is 11.2. The minimum absolute atomic E-state index is 0.0225. The predicted molar refractivity (Wildman–Crippen MR) is 107 cm³/mol. The van der Waals surface area contributed by atoms with Gasteiger partial charge in [-0.15, -0.1) is 0 Å². The number of hydrogen-bond acceptors (Lipinski definition) is 4. The summed E-state index contributed by atoms with van der Waals surface area (Å²) >= 11 is 0. The minimum atomic E-state index is -4.01. The van der Waals surface area contributed by atoms with E-state index >= 15 is 0 Å². The van der Waals surface area contributed by atoms with Crippen LogP contribution in [0.4, 0.5) is 11.4 Å². The average molecular weight is 415 g/mol. The summed E-state index contributed by atoms with van der Waals surface area (Å²) in [6.07, 6.45) is 0. The highest BCUT2D eigenvalue weighted by Gasteiger charge is 2.22. The molecule has 0 fully saturated rings. The van der Waals surface area contributed by atoms with Gasteiger partial charge in [-0.2, -0.15) is 26.3 Å². The first kappa shape index (κ1) is 19.9. The van der Waals surface area contributed by atoms with Crippen LogP contribution in [0.2, 0.25) is 0 Å². The third kappa shape index (κ3) is 4.52. The Hall–Kier alpha value is -2.84. The SMILES string of the molecule is Cc1ccc(S(=O)(=O)[N]c2ccccc2[N]S(=O)(=O)c2ccc(C)cc2)cc1. The van der Waals surface area contributed by atoms with Crippen LogP contribution in [0.3, 0.4) is 0 Å². The molecule has 0 atom stereocenters. The van der Waals surface area contributed by atoms with Crippen molar-refractivity contribution in [1.82, 2.24) is 9.44 Å². The lowest BCUT2D eigenvalue weighted by atomic mass is 10.2. The highest BCUT2D eigenvalue weighted by atomic mass is 32.2. The molecule has 3 rings (SSSR count). The van der Waals surface area contributed by atoms with E-state index in [4.69, 9.17) is 0 Å². The van der Waals surface area contributed by atoms with Crippen LogP contribution >= 0.6 is 0 Å². The van der Waals surface area contributed by atoms with Crippen molar-refractivity contribution in [3.05, 3.63) is 83.9 Å². The largest absolute Gasteiger partial charge is 0.282 e. The summed E-state index contributed by atoms with van der Waals surface area (Å²) in [6, 6.07) is 18.5. The van der Waals surface area contributed by atoms with E-state index in [1.165, 1.54) is 36.4 Å². The lowest BCUT2D eigenvalue weighted by molar-refractivity contribution is 0.586. The van der Waals surface area contributed by atoms with Crippen molar-refractivity contribution in [3.8, 4) is 0 Å².